The summed E-state index contributed by atoms with van der Waals surface area (Å²) in [6.45, 7) is 1.96. The zero-order valence-electron chi connectivity index (χ0n) is 11.1. The summed E-state index contributed by atoms with van der Waals surface area (Å²) in [4.78, 5) is 22.0. The van der Waals surface area contributed by atoms with E-state index in [1.165, 1.54) is 0 Å². The summed E-state index contributed by atoms with van der Waals surface area (Å²) in [5.41, 5.74) is 6.48. The van der Waals surface area contributed by atoms with Gasteiger partial charge in [-0.25, -0.2) is 0 Å². The molecule has 20 heavy (non-hydrogen) atoms. The lowest BCUT2D eigenvalue weighted by Gasteiger charge is -2.21. The van der Waals surface area contributed by atoms with Gasteiger partial charge in [-0.15, -0.1) is 0 Å². The van der Waals surface area contributed by atoms with Crippen LogP contribution in [0, 0.1) is 0 Å². The fourth-order valence-electron chi connectivity index (χ4n) is 1.88. The molecule has 5 N–H and O–H groups in total. The van der Waals surface area contributed by atoms with Gasteiger partial charge in [-0.3, -0.25) is 9.59 Å². The Morgan fingerprint density at radius 1 is 1.60 bits per heavy atom. The maximum atomic E-state index is 11.3. The first-order valence-electron chi connectivity index (χ1n) is 6.24. The number of carbonyl (C=O) groups excluding carboxylic acids is 2. The van der Waals surface area contributed by atoms with E-state index >= 15 is 0 Å². The lowest BCUT2D eigenvalue weighted by molar-refractivity contribution is -0.125. The van der Waals surface area contributed by atoms with Crippen LogP contribution >= 0.6 is 0 Å². The highest BCUT2D eigenvalue weighted by molar-refractivity contribution is 5.95. The van der Waals surface area contributed by atoms with Crippen molar-refractivity contribution >= 4 is 17.5 Å². The molecule has 2 amide bonds. The van der Waals surface area contributed by atoms with Gasteiger partial charge < -0.3 is 26.2 Å². The monoisotopic (exact) mass is 279 g/mol. The van der Waals surface area contributed by atoms with Crippen LogP contribution in [0.15, 0.2) is 18.2 Å². The number of fused-ring (bicyclic) bond motifs is 1. The van der Waals surface area contributed by atoms with Crippen LogP contribution in [0.25, 0.3) is 0 Å². The number of rotatable bonds is 5. The van der Waals surface area contributed by atoms with E-state index in [4.69, 9.17) is 10.5 Å². The molecule has 1 aliphatic heterocycles. The van der Waals surface area contributed by atoms with Crippen molar-refractivity contribution in [3.05, 3.63) is 23.8 Å². The van der Waals surface area contributed by atoms with Crippen LogP contribution < -0.4 is 21.1 Å². The van der Waals surface area contributed by atoms with Crippen molar-refractivity contribution in [2.24, 2.45) is 5.73 Å². The zero-order valence-corrected chi connectivity index (χ0v) is 11.1. The minimum Gasteiger partial charge on any atom is -0.482 e. The second kappa shape index (κ2) is 5.89. The van der Waals surface area contributed by atoms with Crippen LogP contribution in [-0.4, -0.2) is 36.2 Å². The molecule has 7 heteroatoms. The molecule has 108 valence electrons. The van der Waals surface area contributed by atoms with Gasteiger partial charge >= 0.3 is 0 Å². The van der Waals surface area contributed by atoms with Gasteiger partial charge in [0.15, 0.2) is 6.61 Å². The first kappa shape index (κ1) is 14.3. The molecule has 2 unspecified atom stereocenters. The summed E-state index contributed by atoms with van der Waals surface area (Å²) in [6, 6.07) is 5.30. The average Bonchev–Trinajstić information content (AvgIpc) is 2.43. The van der Waals surface area contributed by atoms with E-state index in [1.54, 1.807) is 12.1 Å². The number of aliphatic hydroxyl groups excluding tert-OH is 1. The first-order chi connectivity index (χ1) is 9.47. The lowest BCUT2D eigenvalue weighted by atomic mass is 10.1. The Morgan fingerprint density at radius 3 is 3.05 bits per heavy atom. The second-order valence-electron chi connectivity index (χ2n) is 4.64. The summed E-state index contributed by atoms with van der Waals surface area (Å²) < 4.78 is 5.27. The van der Waals surface area contributed by atoms with E-state index in [1.807, 2.05) is 13.0 Å². The predicted molar refractivity (Wildman–Crippen MR) is 72.2 cm³/mol. The smallest absolute Gasteiger partial charge is 0.262 e. The Balaban J connectivity index is 2.03. The molecule has 0 aliphatic carbocycles. The van der Waals surface area contributed by atoms with Gasteiger partial charge in [0.05, 0.1) is 5.69 Å². The van der Waals surface area contributed by atoms with Crippen molar-refractivity contribution in [1.29, 1.82) is 0 Å². The summed E-state index contributed by atoms with van der Waals surface area (Å²) in [7, 11) is 0. The lowest BCUT2D eigenvalue weighted by Crippen LogP contribution is -2.38. The van der Waals surface area contributed by atoms with E-state index in [0.29, 0.717) is 11.4 Å². The molecule has 0 bridgehead atoms. The molecule has 1 aliphatic rings. The van der Waals surface area contributed by atoms with Crippen molar-refractivity contribution < 1.29 is 19.4 Å². The number of aliphatic hydroxyl groups is 1. The molecule has 2 rings (SSSR count). The minimum absolute atomic E-state index is 0.0188. The van der Waals surface area contributed by atoms with Crippen LogP contribution in [-0.2, 0) is 9.59 Å². The van der Waals surface area contributed by atoms with Crippen LogP contribution in [0.4, 0.5) is 5.69 Å². The molecule has 7 nitrogen and oxygen atoms in total. The maximum absolute atomic E-state index is 11.3. The van der Waals surface area contributed by atoms with Crippen molar-refractivity contribution in [1.82, 2.24) is 5.32 Å². The third kappa shape index (κ3) is 3.25. The molecular formula is C13H17N3O4. The van der Waals surface area contributed by atoms with Crippen molar-refractivity contribution in [2.75, 3.05) is 18.5 Å². The fraction of sp³-hybridized carbons (Fsp3) is 0.385. The quantitative estimate of drug-likeness (QED) is 0.581. The number of hydrogen-bond acceptors (Lipinski definition) is 5. The van der Waals surface area contributed by atoms with Gasteiger partial charge in [0.25, 0.3) is 5.91 Å². The highest BCUT2D eigenvalue weighted by Gasteiger charge is 2.18. The van der Waals surface area contributed by atoms with Gasteiger partial charge in [0.1, 0.15) is 11.9 Å². The molecule has 2 atom stereocenters. The number of amides is 2. The Labute approximate surface area is 116 Å². The highest BCUT2D eigenvalue weighted by atomic mass is 16.5. The molecule has 0 spiro atoms. The van der Waals surface area contributed by atoms with Crippen molar-refractivity contribution in [3.63, 3.8) is 0 Å². The SMILES string of the molecule is CC(NCC(O)C(N)=O)c1ccc2c(c1)NC(=O)CO2. The summed E-state index contributed by atoms with van der Waals surface area (Å²) in [5.74, 6) is -0.340. The van der Waals surface area contributed by atoms with E-state index in [9.17, 15) is 14.7 Å². The van der Waals surface area contributed by atoms with Gasteiger partial charge in [0.2, 0.25) is 5.91 Å². The third-order valence-electron chi connectivity index (χ3n) is 3.08. The molecule has 0 radical (unpaired) electrons. The molecule has 1 aromatic carbocycles. The van der Waals surface area contributed by atoms with Crippen LogP contribution in [0.1, 0.15) is 18.5 Å². The molecule has 1 heterocycles. The molecule has 1 aromatic rings. The van der Waals surface area contributed by atoms with Crippen LogP contribution in [0.5, 0.6) is 5.75 Å². The Hall–Kier alpha value is -2.12. The third-order valence-corrected chi connectivity index (χ3v) is 3.08. The highest BCUT2D eigenvalue weighted by Crippen LogP contribution is 2.30. The molecule has 0 saturated carbocycles. The minimum atomic E-state index is -1.22. The zero-order chi connectivity index (χ0) is 14.7. The normalized spacial score (nSPS) is 16.6. The molecular weight excluding hydrogens is 262 g/mol. The van der Waals surface area contributed by atoms with E-state index in [0.717, 1.165) is 5.56 Å². The topological polar surface area (TPSA) is 114 Å². The van der Waals surface area contributed by atoms with Crippen molar-refractivity contribution in [3.8, 4) is 5.75 Å². The Bertz CT molecular complexity index is 532. The van der Waals surface area contributed by atoms with Gasteiger partial charge in [-0.2, -0.15) is 0 Å². The fourth-order valence-corrected chi connectivity index (χ4v) is 1.88. The van der Waals surface area contributed by atoms with Crippen LogP contribution in [0.2, 0.25) is 0 Å². The standard InChI is InChI=1S/C13H17N3O4/c1-7(15-5-10(17)13(14)19)8-2-3-11-9(4-8)16-12(18)6-20-11/h2-4,7,10,15,17H,5-6H2,1H3,(H2,14,19)(H,16,18). The first-order valence-corrected chi connectivity index (χ1v) is 6.24. The number of hydrogen-bond donors (Lipinski definition) is 4. The number of ether oxygens (including phenoxy) is 1. The Morgan fingerprint density at radius 2 is 2.35 bits per heavy atom. The summed E-state index contributed by atoms with van der Waals surface area (Å²) in [5, 5.41) is 15.1. The Kier molecular flexibility index (Phi) is 4.21. The average molecular weight is 279 g/mol. The number of anilines is 1. The number of primary amides is 1. The number of nitrogens with one attached hydrogen (secondary N) is 2. The van der Waals surface area contributed by atoms with E-state index < -0.39 is 12.0 Å². The van der Waals surface area contributed by atoms with Gasteiger partial charge in [0, 0.05) is 12.6 Å². The van der Waals surface area contributed by atoms with Gasteiger partial charge in [-0.05, 0) is 24.6 Å². The number of nitrogens with two attached hydrogens (primary N) is 1. The molecule has 0 fully saturated rings. The predicted octanol–water partition coefficient (Wildman–Crippen LogP) is -0.486. The summed E-state index contributed by atoms with van der Waals surface area (Å²) >= 11 is 0. The number of carbonyl (C=O) groups is 2. The van der Waals surface area contributed by atoms with Crippen LogP contribution in [0.3, 0.4) is 0 Å². The largest absolute Gasteiger partial charge is 0.482 e. The number of benzene rings is 1. The van der Waals surface area contributed by atoms with Gasteiger partial charge in [-0.1, -0.05) is 6.07 Å². The van der Waals surface area contributed by atoms with E-state index in [2.05, 4.69) is 10.6 Å². The maximum Gasteiger partial charge on any atom is 0.262 e. The molecule has 0 saturated heterocycles. The van der Waals surface area contributed by atoms with Crippen molar-refractivity contribution in [2.45, 2.75) is 19.1 Å². The van der Waals surface area contributed by atoms with E-state index in [-0.39, 0.29) is 25.1 Å². The summed E-state index contributed by atoms with van der Waals surface area (Å²) in [6.07, 6.45) is -1.22. The second-order valence-corrected chi connectivity index (χ2v) is 4.64. The molecule has 0 aromatic heterocycles.